The van der Waals surface area contributed by atoms with Crippen LogP contribution in [0.3, 0.4) is 0 Å². The van der Waals surface area contributed by atoms with Gasteiger partial charge in [-0.15, -0.1) is 0 Å². The molecule has 1 aliphatic heterocycles. The minimum atomic E-state index is -0.759. The number of hydrogen-bond donors (Lipinski definition) is 2. The smallest absolute Gasteiger partial charge is 0.255 e. The molecule has 0 radical (unpaired) electrons. The quantitative estimate of drug-likeness (QED) is 0.599. The molecule has 0 aromatic carbocycles. The van der Waals surface area contributed by atoms with E-state index in [1.807, 2.05) is 40.8 Å². The standard InChI is InChI=1S/C24H30N8O2/c1-6-32-12-15(9-28-32)17-11-27-20-18(29-17)16(10-26-20)21(33)30-19(23(2,3)4)22(34)31-8-7-24(5,13-25)14-31/h9-12,19H,6-8,14H2,1-5H3,(H,26,27)(H,30,33)/t19-,24?/m0/s1. The lowest BCUT2D eigenvalue weighted by Crippen LogP contribution is -2.54. The molecule has 34 heavy (non-hydrogen) atoms. The Hall–Kier alpha value is -3.74. The molecule has 2 amide bonds. The maximum Gasteiger partial charge on any atom is 0.255 e. The SMILES string of the molecule is CCn1cc(-c2cnc3[nH]cc(C(=O)N[C@@H](C(=O)N4CCC(C)(C#N)C4)C(C)(C)C)c3n2)cn1. The zero-order valence-corrected chi connectivity index (χ0v) is 20.2. The summed E-state index contributed by atoms with van der Waals surface area (Å²) in [7, 11) is 0. The summed E-state index contributed by atoms with van der Waals surface area (Å²) < 4.78 is 1.79. The van der Waals surface area contributed by atoms with Crippen molar-refractivity contribution in [1.82, 2.24) is 34.9 Å². The topological polar surface area (TPSA) is 133 Å². The summed E-state index contributed by atoms with van der Waals surface area (Å²) in [5.74, 6) is -0.587. The van der Waals surface area contributed by atoms with E-state index >= 15 is 0 Å². The molecule has 178 valence electrons. The maximum absolute atomic E-state index is 13.4. The molecule has 0 bridgehead atoms. The molecule has 0 saturated carbocycles. The highest BCUT2D eigenvalue weighted by Gasteiger charge is 2.42. The Bertz CT molecular complexity index is 1280. The minimum Gasteiger partial charge on any atom is -0.344 e. The van der Waals surface area contributed by atoms with E-state index in [9.17, 15) is 14.9 Å². The summed E-state index contributed by atoms with van der Waals surface area (Å²) in [4.78, 5) is 40.5. The molecule has 1 aliphatic rings. The lowest BCUT2D eigenvalue weighted by molar-refractivity contribution is -0.135. The maximum atomic E-state index is 13.4. The van der Waals surface area contributed by atoms with E-state index in [1.54, 1.807) is 28.2 Å². The van der Waals surface area contributed by atoms with Crippen LogP contribution in [-0.4, -0.2) is 60.6 Å². The first-order valence-corrected chi connectivity index (χ1v) is 11.4. The summed E-state index contributed by atoms with van der Waals surface area (Å²) in [5, 5.41) is 16.6. The normalized spacial score (nSPS) is 19.2. The Balaban J connectivity index is 1.60. The van der Waals surface area contributed by atoms with Crippen molar-refractivity contribution < 1.29 is 9.59 Å². The molecule has 3 aromatic heterocycles. The van der Waals surface area contributed by atoms with Crippen LogP contribution >= 0.6 is 0 Å². The molecule has 4 rings (SSSR count). The van der Waals surface area contributed by atoms with Crippen molar-refractivity contribution in [2.45, 2.75) is 53.6 Å². The predicted molar refractivity (Wildman–Crippen MR) is 126 cm³/mol. The van der Waals surface area contributed by atoms with Crippen molar-refractivity contribution in [2.75, 3.05) is 13.1 Å². The van der Waals surface area contributed by atoms with Crippen LogP contribution < -0.4 is 5.32 Å². The van der Waals surface area contributed by atoms with Gasteiger partial charge in [-0.2, -0.15) is 10.4 Å². The number of aromatic amines is 1. The molecular weight excluding hydrogens is 432 g/mol. The van der Waals surface area contributed by atoms with Crippen molar-refractivity contribution in [3.8, 4) is 17.3 Å². The largest absolute Gasteiger partial charge is 0.344 e. The fourth-order valence-electron chi connectivity index (χ4n) is 4.15. The van der Waals surface area contributed by atoms with Crippen molar-refractivity contribution in [3.05, 3.63) is 30.4 Å². The van der Waals surface area contributed by atoms with E-state index in [2.05, 4.69) is 31.4 Å². The molecule has 1 unspecified atom stereocenters. The Morgan fingerprint density at radius 3 is 2.74 bits per heavy atom. The molecule has 1 saturated heterocycles. The van der Waals surface area contributed by atoms with Gasteiger partial charge in [0, 0.05) is 37.6 Å². The number of likely N-dealkylation sites (tertiary alicyclic amines) is 1. The van der Waals surface area contributed by atoms with E-state index in [0.717, 1.165) is 12.1 Å². The number of amides is 2. The van der Waals surface area contributed by atoms with Crippen molar-refractivity contribution >= 4 is 23.0 Å². The third-order valence-electron chi connectivity index (χ3n) is 6.32. The fourth-order valence-corrected chi connectivity index (χ4v) is 4.15. The fraction of sp³-hybridized carbons (Fsp3) is 0.500. The number of aromatic nitrogens is 5. The van der Waals surface area contributed by atoms with E-state index in [1.165, 1.54) is 0 Å². The van der Waals surface area contributed by atoms with Gasteiger partial charge in [-0.3, -0.25) is 14.3 Å². The first-order valence-electron chi connectivity index (χ1n) is 11.4. The summed E-state index contributed by atoms with van der Waals surface area (Å²) in [6.45, 7) is 11.2. The van der Waals surface area contributed by atoms with Gasteiger partial charge < -0.3 is 15.2 Å². The van der Waals surface area contributed by atoms with Gasteiger partial charge in [0.2, 0.25) is 5.91 Å². The number of nitriles is 1. The Morgan fingerprint density at radius 1 is 1.35 bits per heavy atom. The summed E-state index contributed by atoms with van der Waals surface area (Å²) in [6.07, 6.45) is 7.41. The average molecular weight is 463 g/mol. The summed E-state index contributed by atoms with van der Waals surface area (Å²) in [6, 6.07) is 1.54. The Kier molecular flexibility index (Phi) is 5.89. The van der Waals surface area contributed by atoms with Crippen molar-refractivity contribution in [1.29, 1.82) is 5.26 Å². The number of H-pyrrole nitrogens is 1. The summed E-state index contributed by atoms with van der Waals surface area (Å²) >= 11 is 0. The Labute approximate surface area is 198 Å². The molecule has 4 heterocycles. The monoisotopic (exact) mass is 462 g/mol. The molecule has 3 aromatic rings. The Morgan fingerprint density at radius 2 is 2.12 bits per heavy atom. The number of nitrogens with zero attached hydrogens (tertiary/aromatic N) is 6. The number of nitrogens with one attached hydrogen (secondary N) is 2. The molecule has 10 nitrogen and oxygen atoms in total. The number of carbonyl (C=O) groups excluding carboxylic acids is 2. The van der Waals surface area contributed by atoms with Crippen LogP contribution in [0.25, 0.3) is 22.4 Å². The van der Waals surface area contributed by atoms with Crippen molar-refractivity contribution in [3.63, 3.8) is 0 Å². The van der Waals surface area contributed by atoms with E-state index < -0.39 is 22.8 Å². The third-order valence-corrected chi connectivity index (χ3v) is 6.32. The number of rotatable bonds is 5. The van der Waals surface area contributed by atoms with Crippen LogP contribution in [0.15, 0.2) is 24.8 Å². The number of aryl methyl sites for hydroxylation is 1. The predicted octanol–water partition coefficient (Wildman–Crippen LogP) is 2.75. The molecular formula is C24H30N8O2. The molecule has 1 fully saturated rings. The molecule has 0 aliphatic carbocycles. The van der Waals surface area contributed by atoms with Crippen LogP contribution in [0.1, 0.15) is 51.4 Å². The first kappa shape index (κ1) is 23.4. The second kappa shape index (κ2) is 8.56. The lowest BCUT2D eigenvalue weighted by Gasteiger charge is -2.33. The van der Waals surface area contributed by atoms with Gasteiger partial charge in [0.25, 0.3) is 5.91 Å². The average Bonchev–Trinajstić information content (AvgIpc) is 3.54. The van der Waals surface area contributed by atoms with Gasteiger partial charge >= 0.3 is 0 Å². The van der Waals surface area contributed by atoms with E-state index in [4.69, 9.17) is 0 Å². The van der Waals surface area contributed by atoms with Gasteiger partial charge in [0.1, 0.15) is 11.6 Å². The highest BCUT2D eigenvalue weighted by Crippen LogP contribution is 2.31. The molecule has 0 spiro atoms. The van der Waals surface area contributed by atoms with Gasteiger partial charge in [0.05, 0.1) is 35.1 Å². The van der Waals surface area contributed by atoms with Crippen LogP contribution in [0.4, 0.5) is 0 Å². The van der Waals surface area contributed by atoms with Crippen LogP contribution in [0.2, 0.25) is 0 Å². The van der Waals surface area contributed by atoms with E-state index in [-0.39, 0.29) is 5.91 Å². The van der Waals surface area contributed by atoms with Gasteiger partial charge in [-0.25, -0.2) is 9.97 Å². The van der Waals surface area contributed by atoms with Crippen LogP contribution in [-0.2, 0) is 11.3 Å². The third kappa shape index (κ3) is 4.38. The highest BCUT2D eigenvalue weighted by atomic mass is 16.2. The van der Waals surface area contributed by atoms with Gasteiger partial charge in [-0.05, 0) is 25.7 Å². The summed E-state index contributed by atoms with van der Waals surface area (Å²) in [5.41, 5.74) is 1.56. The lowest BCUT2D eigenvalue weighted by atomic mass is 9.85. The van der Waals surface area contributed by atoms with Crippen molar-refractivity contribution in [2.24, 2.45) is 10.8 Å². The van der Waals surface area contributed by atoms with Crippen LogP contribution in [0.5, 0.6) is 0 Å². The number of carbonyl (C=O) groups is 2. The minimum absolute atomic E-state index is 0.182. The second-order valence-corrected chi connectivity index (χ2v) is 10.2. The van der Waals surface area contributed by atoms with Gasteiger partial charge in [-0.1, -0.05) is 20.8 Å². The van der Waals surface area contributed by atoms with Gasteiger partial charge in [0.15, 0.2) is 5.65 Å². The molecule has 10 heteroatoms. The first-order chi connectivity index (χ1) is 16.0. The van der Waals surface area contributed by atoms with Crippen LogP contribution in [0, 0.1) is 22.2 Å². The zero-order valence-electron chi connectivity index (χ0n) is 20.2. The second-order valence-electron chi connectivity index (χ2n) is 10.2. The van der Waals surface area contributed by atoms with E-state index in [0.29, 0.717) is 41.9 Å². The number of hydrogen-bond acceptors (Lipinski definition) is 6. The molecule has 2 atom stereocenters. The highest BCUT2D eigenvalue weighted by molar-refractivity contribution is 6.06. The molecule has 2 N–H and O–H groups in total. The number of fused-ring (bicyclic) bond motifs is 1. The zero-order chi connectivity index (χ0) is 24.7.